The van der Waals surface area contributed by atoms with Gasteiger partial charge in [0.1, 0.15) is 0 Å². The Balaban J connectivity index is 1.36. The monoisotopic (exact) mass is 553 g/mol. The lowest BCUT2D eigenvalue weighted by Crippen LogP contribution is -2.45. The minimum Gasteiger partial charge on any atom is -0.385 e. The van der Waals surface area contributed by atoms with Crippen molar-refractivity contribution in [2.24, 2.45) is 0 Å². The minimum atomic E-state index is -4.51. The Morgan fingerprint density at radius 3 is 2.51 bits per heavy atom. The van der Waals surface area contributed by atoms with Crippen LogP contribution in [0.3, 0.4) is 0 Å². The maximum Gasteiger partial charge on any atom is 0.416 e. The average molecular weight is 554 g/mol. The Kier molecular flexibility index (Phi) is 6.92. The first-order valence-corrected chi connectivity index (χ1v) is 11.9. The number of carbonyl (C=O) groups excluding carboxylic acids is 1. The fourth-order valence-electron chi connectivity index (χ4n) is 4.37. The standard InChI is InChI=1S/C24H23BrF3N3O4/c25-17-6-7-19-18(14-17)21(33)31(22(34)29-19)10-2-5-20(32)30-11-8-23(35,9-12-30)15-3-1-4-16(13-15)24(26,27)28/h1,3-4,6-7,13-14,35H,2,5,8-12H2,(H,29,34). The van der Waals surface area contributed by atoms with Crippen molar-refractivity contribution in [3.8, 4) is 0 Å². The molecule has 0 aliphatic carbocycles. The number of H-pyrrole nitrogens is 1. The van der Waals surface area contributed by atoms with Gasteiger partial charge in [-0.1, -0.05) is 28.1 Å². The summed E-state index contributed by atoms with van der Waals surface area (Å²) >= 11 is 3.30. The first kappa shape index (κ1) is 25.2. The summed E-state index contributed by atoms with van der Waals surface area (Å²) in [5.41, 5.74) is -2.66. The highest BCUT2D eigenvalue weighted by atomic mass is 79.9. The highest BCUT2D eigenvalue weighted by molar-refractivity contribution is 9.10. The van der Waals surface area contributed by atoms with Crippen LogP contribution < -0.4 is 11.2 Å². The lowest BCUT2D eigenvalue weighted by atomic mass is 9.83. The van der Waals surface area contributed by atoms with Gasteiger partial charge in [0.05, 0.1) is 22.1 Å². The minimum absolute atomic E-state index is 0.0599. The van der Waals surface area contributed by atoms with Crippen LogP contribution in [0.1, 0.15) is 36.8 Å². The number of carbonyl (C=O) groups is 1. The van der Waals surface area contributed by atoms with Gasteiger partial charge in [0, 0.05) is 30.5 Å². The van der Waals surface area contributed by atoms with Gasteiger partial charge >= 0.3 is 11.9 Å². The van der Waals surface area contributed by atoms with E-state index in [9.17, 15) is 32.7 Å². The van der Waals surface area contributed by atoms with Crippen LogP contribution in [0.5, 0.6) is 0 Å². The van der Waals surface area contributed by atoms with Crippen LogP contribution in [0.4, 0.5) is 13.2 Å². The summed E-state index contributed by atoms with van der Waals surface area (Å²) < 4.78 is 40.9. The third-order valence-corrected chi connectivity index (χ3v) is 6.88. The molecule has 2 aromatic carbocycles. The Bertz CT molecular complexity index is 1370. The molecule has 1 amide bonds. The molecule has 35 heavy (non-hydrogen) atoms. The number of aromatic amines is 1. The van der Waals surface area contributed by atoms with Crippen LogP contribution in [0.25, 0.3) is 10.9 Å². The van der Waals surface area contributed by atoms with Gasteiger partial charge in [-0.2, -0.15) is 13.2 Å². The summed E-state index contributed by atoms with van der Waals surface area (Å²) in [4.78, 5) is 41.9. The van der Waals surface area contributed by atoms with Crippen LogP contribution >= 0.6 is 15.9 Å². The van der Waals surface area contributed by atoms with Crippen molar-refractivity contribution in [2.75, 3.05) is 13.1 Å². The Labute approximate surface area is 206 Å². The molecule has 186 valence electrons. The zero-order valence-electron chi connectivity index (χ0n) is 18.6. The molecule has 0 spiro atoms. The fraction of sp³-hybridized carbons (Fsp3) is 0.375. The molecular weight excluding hydrogens is 531 g/mol. The highest BCUT2D eigenvalue weighted by Gasteiger charge is 2.37. The van der Waals surface area contributed by atoms with Crippen LogP contribution in [0.2, 0.25) is 0 Å². The SMILES string of the molecule is O=C(CCCn1c(=O)[nH]c2ccc(Br)cc2c1=O)N1CCC(O)(c2cccc(C(F)(F)F)c2)CC1. The van der Waals surface area contributed by atoms with E-state index in [1.165, 1.54) is 12.1 Å². The van der Waals surface area contributed by atoms with Gasteiger partial charge in [-0.15, -0.1) is 0 Å². The van der Waals surface area contributed by atoms with Gasteiger partial charge in [-0.25, -0.2) is 4.79 Å². The number of likely N-dealkylation sites (tertiary alicyclic amines) is 1. The molecule has 2 heterocycles. The first-order chi connectivity index (χ1) is 16.5. The summed E-state index contributed by atoms with van der Waals surface area (Å²) in [5, 5.41) is 11.3. The molecule has 7 nitrogen and oxygen atoms in total. The van der Waals surface area contributed by atoms with Crippen LogP contribution in [-0.2, 0) is 23.1 Å². The molecule has 11 heteroatoms. The molecule has 1 saturated heterocycles. The predicted molar refractivity (Wildman–Crippen MR) is 127 cm³/mol. The lowest BCUT2D eigenvalue weighted by molar-refractivity contribution is -0.137. The molecule has 0 bridgehead atoms. The van der Waals surface area contributed by atoms with Crippen molar-refractivity contribution >= 4 is 32.7 Å². The largest absolute Gasteiger partial charge is 0.416 e. The van der Waals surface area contributed by atoms with Crippen molar-refractivity contribution in [3.05, 3.63) is 78.9 Å². The van der Waals surface area contributed by atoms with E-state index in [1.807, 2.05) is 0 Å². The average Bonchev–Trinajstić information content (AvgIpc) is 2.81. The zero-order chi connectivity index (χ0) is 25.4. The predicted octanol–water partition coefficient (Wildman–Crippen LogP) is 3.76. The van der Waals surface area contributed by atoms with Crippen molar-refractivity contribution in [3.63, 3.8) is 0 Å². The number of alkyl halides is 3. The van der Waals surface area contributed by atoms with Crippen LogP contribution in [0.15, 0.2) is 56.5 Å². The molecule has 4 rings (SSSR count). The summed E-state index contributed by atoms with van der Waals surface area (Å²) in [5.74, 6) is -0.205. The molecule has 0 atom stereocenters. The van der Waals surface area contributed by atoms with E-state index in [-0.39, 0.29) is 56.8 Å². The number of amides is 1. The topological polar surface area (TPSA) is 95.4 Å². The summed E-state index contributed by atoms with van der Waals surface area (Å²) in [7, 11) is 0. The molecule has 1 aliphatic heterocycles. The summed E-state index contributed by atoms with van der Waals surface area (Å²) in [6, 6.07) is 9.60. The molecule has 0 unspecified atom stereocenters. The van der Waals surface area contributed by atoms with E-state index in [1.54, 1.807) is 23.1 Å². The van der Waals surface area contributed by atoms with E-state index in [4.69, 9.17) is 0 Å². The summed E-state index contributed by atoms with van der Waals surface area (Å²) in [6.45, 7) is 0.441. The number of nitrogens with zero attached hydrogens (tertiary/aromatic N) is 2. The normalized spacial score (nSPS) is 16.0. The number of nitrogens with one attached hydrogen (secondary N) is 1. The van der Waals surface area contributed by atoms with E-state index in [2.05, 4.69) is 20.9 Å². The van der Waals surface area contributed by atoms with Gasteiger partial charge in [-0.05, 0) is 55.2 Å². The molecule has 1 aromatic heterocycles. The van der Waals surface area contributed by atoms with Crippen molar-refractivity contribution in [1.29, 1.82) is 0 Å². The maximum absolute atomic E-state index is 13.0. The van der Waals surface area contributed by atoms with E-state index in [0.29, 0.717) is 15.4 Å². The summed E-state index contributed by atoms with van der Waals surface area (Å²) in [6.07, 6.45) is -3.94. The fourth-order valence-corrected chi connectivity index (χ4v) is 4.73. The molecule has 0 radical (unpaired) electrons. The highest BCUT2D eigenvalue weighted by Crippen LogP contribution is 2.36. The molecule has 2 N–H and O–H groups in total. The van der Waals surface area contributed by atoms with E-state index < -0.39 is 28.6 Å². The second kappa shape index (κ2) is 9.62. The van der Waals surface area contributed by atoms with Gasteiger partial charge in [0.25, 0.3) is 5.56 Å². The number of benzene rings is 2. The number of rotatable bonds is 5. The Morgan fingerprint density at radius 2 is 1.83 bits per heavy atom. The number of aliphatic hydroxyl groups is 1. The maximum atomic E-state index is 13.0. The second-order valence-corrected chi connectivity index (χ2v) is 9.59. The van der Waals surface area contributed by atoms with E-state index in [0.717, 1.165) is 16.7 Å². The quantitative estimate of drug-likeness (QED) is 0.503. The molecule has 1 aliphatic rings. The Morgan fingerprint density at radius 1 is 1.11 bits per heavy atom. The number of halogens is 4. The van der Waals surface area contributed by atoms with Crippen LogP contribution in [0, 0.1) is 0 Å². The third-order valence-electron chi connectivity index (χ3n) is 6.39. The van der Waals surface area contributed by atoms with Gasteiger partial charge < -0.3 is 15.0 Å². The van der Waals surface area contributed by atoms with Gasteiger partial charge in [0.2, 0.25) is 5.91 Å². The number of fused-ring (bicyclic) bond motifs is 1. The van der Waals surface area contributed by atoms with Crippen LogP contribution in [-0.4, -0.2) is 38.6 Å². The number of hydrogen-bond donors (Lipinski definition) is 2. The molecule has 3 aromatic rings. The molecule has 0 saturated carbocycles. The smallest absolute Gasteiger partial charge is 0.385 e. The van der Waals surface area contributed by atoms with Gasteiger partial charge in [-0.3, -0.25) is 14.2 Å². The van der Waals surface area contributed by atoms with Gasteiger partial charge in [0.15, 0.2) is 0 Å². The van der Waals surface area contributed by atoms with Crippen molar-refractivity contribution in [2.45, 2.75) is 44.0 Å². The number of piperidine rings is 1. The zero-order valence-corrected chi connectivity index (χ0v) is 20.2. The second-order valence-electron chi connectivity index (χ2n) is 8.67. The molecule has 1 fully saturated rings. The lowest BCUT2D eigenvalue weighted by Gasteiger charge is -2.38. The first-order valence-electron chi connectivity index (χ1n) is 11.1. The molecular formula is C24H23BrF3N3O4. The Hall–Kier alpha value is -2.92. The van der Waals surface area contributed by atoms with Crippen molar-refractivity contribution < 1.29 is 23.1 Å². The van der Waals surface area contributed by atoms with E-state index >= 15 is 0 Å². The number of hydrogen-bond acceptors (Lipinski definition) is 4. The third kappa shape index (κ3) is 5.35. The van der Waals surface area contributed by atoms with Crippen molar-refractivity contribution in [1.82, 2.24) is 14.5 Å². The number of aromatic nitrogens is 2.